The molecule has 1 aliphatic rings. The van der Waals surface area contributed by atoms with Crippen LogP contribution >= 0.6 is 11.3 Å². The van der Waals surface area contributed by atoms with Crippen LogP contribution in [0.2, 0.25) is 0 Å². The van der Waals surface area contributed by atoms with E-state index < -0.39 is 17.8 Å². The average Bonchev–Trinajstić information content (AvgIpc) is 3.08. The van der Waals surface area contributed by atoms with Crippen LogP contribution in [-0.4, -0.2) is 24.3 Å². The van der Waals surface area contributed by atoms with Gasteiger partial charge in [-0.2, -0.15) is 0 Å². The summed E-state index contributed by atoms with van der Waals surface area (Å²) in [4.78, 5) is 31.1. The van der Waals surface area contributed by atoms with Gasteiger partial charge in [0.05, 0.1) is 29.5 Å². The number of esters is 1. The quantitative estimate of drug-likeness (QED) is 0.558. The molecule has 32 heavy (non-hydrogen) atoms. The van der Waals surface area contributed by atoms with Gasteiger partial charge in [-0.25, -0.2) is 14.2 Å². The van der Waals surface area contributed by atoms with Crippen molar-refractivity contribution < 1.29 is 18.7 Å². The van der Waals surface area contributed by atoms with Crippen molar-refractivity contribution in [1.29, 1.82) is 0 Å². The van der Waals surface area contributed by atoms with E-state index in [9.17, 15) is 14.0 Å². The number of allylic oxidation sites excluding steroid dienone is 1. The SMILES string of the molecule is CCOC(=O)C1=C(C)N=c2s/c(=C\c3ccc(OC)cc3)c(=O)n2[C@@H]1c1ccccc1F. The fourth-order valence-corrected chi connectivity index (χ4v) is 4.68. The number of thiazole rings is 1. The van der Waals surface area contributed by atoms with Crippen LogP contribution in [0.5, 0.6) is 5.75 Å². The molecule has 0 fully saturated rings. The van der Waals surface area contributed by atoms with E-state index in [2.05, 4.69) is 4.99 Å². The Hall–Kier alpha value is -3.52. The van der Waals surface area contributed by atoms with Gasteiger partial charge in [0.2, 0.25) is 0 Å². The third-order valence-electron chi connectivity index (χ3n) is 5.13. The minimum atomic E-state index is -0.968. The molecule has 1 aliphatic heterocycles. The lowest BCUT2D eigenvalue weighted by Crippen LogP contribution is -2.40. The van der Waals surface area contributed by atoms with Gasteiger partial charge in [-0.3, -0.25) is 9.36 Å². The van der Waals surface area contributed by atoms with Crippen LogP contribution < -0.4 is 19.6 Å². The Bertz CT molecular complexity index is 1390. The van der Waals surface area contributed by atoms with Crippen molar-refractivity contribution in [2.45, 2.75) is 19.9 Å². The van der Waals surface area contributed by atoms with Gasteiger partial charge in [-0.1, -0.05) is 41.7 Å². The topological polar surface area (TPSA) is 69.9 Å². The third kappa shape index (κ3) is 3.89. The first-order chi connectivity index (χ1) is 15.4. The lowest BCUT2D eigenvalue weighted by Gasteiger charge is -2.24. The van der Waals surface area contributed by atoms with Gasteiger partial charge in [0, 0.05) is 5.56 Å². The van der Waals surface area contributed by atoms with Crippen molar-refractivity contribution in [1.82, 2.24) is 4.57 Å². The molecule has 6 nitrogen and oxygen atoms in total. The van der Waals surface area contributed by atoms with Gasteiger partial charge in [0.15, 0.2) is 4.80 Å². The van der Waals surface area contributed by atoms with Gasteiger partial charge in [-0.05, 0) is 43.7 Å². The van der Waals surface area contributed by atoms with Crippen molar-refractivity contribution in [3.05, 3.63) is 96.4 Å². The molecule has 0 saturated heterocycles. The number of carbonyl (C=O) groups is 1. The van der Waals surface area contributed by atoms with E-state index in [0.717, 1.165) is 5.56 Å². The molecule has 2 heterocycles. The molecule has 164 valence electrons. The van der Waals surface area contributed by atoms with Crippen LogP contribution in [0.4, 0.5) is 4.39 Å². The number of benzene rings is 2. The van der Waals surface area contributed by atoms with E-state index in [1.165, 1.54) is 22.0 Å². The molecule has 0 N–H and O–H groups in total. The predicted molar refractivity (Wildman–Crippen MR) is 120 cm³/mol. The number of hydrogen-bond acceptors (Lipinski definition) is 6. The third-order valence-corrected chi connectivity index (χ3v) is 6.11. The number of hydrogen-bond donors (Lipinski definition) is 0. The van der Waals surface area contributed by atoms with E-state index in [4.69, 9.17) is 9.47 Å². The van der Waals surface area contributed by atoms with E-state index in [1.54, 1.807) is 57.4 Å². The summed E-state index contributed by atoms with van der Waals surface area (Å²) in [5, 5.41) is 0. The number of rotatable bonds is 5. The summed E-state index contributed by atoms with van der Waals surface area (Å²) in [7, 11) is 1.58. The van der Waals surface area contributed by atoms with Crippen molar-refractivity contribution >= 4 is 23.4 Å². The summed E-state index contributed by atoms with van der Waals surface area (Å²) >= 11 is 1.19. The lowest BCUT2D eigenvalue weighted by atomic mass is 9.95. The molecule has 3 aromatic rings. The fraction of sp³-hybridized carbons (Fsp3) is 0.208. The Morgan fingerprint density at radius 1 is 1.22 bits per heavy atom. The summed E-state index contributed by atoms with van der Waals surface area (Å²) in [6.07, 6.45) is 1.74. The minimum Gasteiger partial charge on any atom is -0.497 e. The molecular weight excluding hydrogens is 431 g/mol. The molecule has 0 aliphatic carbocycles. The van der Waals surface area contributed by atoms with Crippen LogP contribution in [0.1, 0.15) is 31.0 Å². The van der Waals surface area contributed by atoms with Crippen molar-refractivity contribution in [3.63, 3.8) is 0 Å². The molecule has 0 amide bonds. The molecule has 0 radical (unpaired) electrons. The second-order valence-electron chi connectivity index (χ2n) is 7.10. The largest absolute Gasteiger partial charge is 0.497 e. The highest BCUT2D eigenvalue weighted by Gasteiger charge is 2.34. The Morgan fingerprint density at radius 2 is 1.94 bits per heavy atom. The molecule has 0 spiro atoms. The Labute approximate surface area is 187 Å². The highest BCUT2D eigenvalue weighted by Crippen LogP contribution is 2.32. The fourth-order valence-electron chi connectivity index (χ4n) is 3.63. The monoisotopic (exact) mass is 452 g/mol. The first kappa shape index (κ1) is 21.7. The zero-order chi connectivity index (χ0) is 22.8. The van der Waals surface area contributed by atoms with Crippen molar-refractivity contribution in [2.75, 3.05) is 13.7 Å². The molecule has 1 atom stereocenters. The summed E-state index contributed by atoms with van der Waals surface area (Å²) in [6, 6.07) is 12.4. The average molecular weight is 453 g/mol. The molecule has 0 saturated carbocycles. The molecule has 0 bridgehead atoms. The molecule has 8 heteroatoms. The van der Waals surface area contributed by atoms with Crippen LogP contribution in [0, 0.1) is 5.82 Å². The zero-order valence-electron chi connectivity index (χ0n) is 17.8. The van der Waals surface area contributed by atoms with E-state index in [1.807, 2.05) is 12.1 Å². The maximum atomic E-state index is 14.8. The Morgan fingerprint density at radius 3 is 2.59 bits per heavy atom. The van der Waals surface area contributed by atoms with E-state index in [-0.39, 0.29) is 23.3 Å². The zero-order valence-corrected chi connectivity index (χ0v) is 18.6. The molecule has 1 aromatic heterocycles. The second kappa shape index (κ2) is 8.92. The van der Waals surface area contributed by atoms with E-state index >= 15 is 0 Å². The number of methoxy groups -OCH3 is 1. The van der Waals surface area contributed by atoms with Crippen LogP contribution in [-0.2, 0) is 9.53 Å². The number of ether oxygens (including phenoxy) is 2. The Kier molecular flexibility index (Phi) is 6.05. The first-order valence-electron chi connectivity index (χ1n) is 10.0. The normalized spacial score (nSPS) is 15.9. The minimum absolute atomic E-state index is 0.153. The lowest BCUT2D eigenvalue weighted by molar-refractivity contribution is -0.139. The summed E-state index contributed by atoms with van der Waals surface area (Å²) in [6.45, 7) is 3.51. The molecule has 0 unspecified atom stereocenters. The molecule has 4 rings (SSSR count). The van der Waals surface area contributed by atoms with Crippen molar-refractivity contribution in [3.8, 4) is 5.75 Å². The van der Waals surface area contributed by atoms with E-state index in [0.29, 0.717) is 20.8 Å². The summed E-state index contributed by atoms with van der Waals surface area (Å²) in [5.74, 6) is -0.428. The second-order valence-corrected chi connectivity index (χ2v) is 8.11. The first-order valence-corrected chi connectivity index (χ1v) is 10.8. The number of aromatic nitrogens is 1. The molecule has 2 aromatic carbocycles. The van der Waals surface area contributed by atoms with Crippen molar-refractivity contribution in [2.24, 2.45) is 4.99 Å². The standard InChI is InChI=1S/C24H21FN2O4S/c1-4-31-23(29)20-14(2)26-24-27(21(20)17-7-5-6-8-18(17)25)22(28)19(32-24)13-15-9-11-16(30-3)12-10-15/h5-13,21H,4H2,1-3H3/b19-13-/t21-/m1/s1. The maximum absolute atomic E-state index is 14.8. The summed E-state index contributed by atoms with van der Waals surface area (Å²) in [5.41, 5.74) is 1.21. The predicted octanol–water partition coefficient (Wildman–Crippen LogP) is 2.95. The number of nitrogens with zero attached hydrogens (tertiary/aromatic N) is 2. The van der Waals surface area contributed by atoms with Gasteiger partial charge in [0.25, 0.3) is 5.56 Å². The van der Waals surface area contributed by atoms with Gasteiger partial charge >= 0.3 is 5.97 Å². The van der Waals surface area contributed by atoms with Crippen LogP contribution in [0.15, 0.2) is 69.6 Å². The smallest absolute Gasteiger partial charge is 0.338 e. The Balaban J connectivity index is 1.94. The highest BCUT2D eigenvalue weighted by atomic mass is 32.1. The van der Waals surface area contributed by atoms with Gasteiger partial charge in [0.1, 0.15) is 17.6 Å². The van der Waals surface area contributed by atoms with Crippen LogP contribution in [0.3, 0.4) is 0 Å². The highest BCUT2D eigenvalue weighted by molar-refractivity contribution is 7.07. The maximum Gasteiger partial charge on any atom is 0.338 e. The summed E-state index contributed by atoms with van der Waals surface area (Å²) < 4.78 is 27.0. The van der Waals surface area contributed by atoms with Gasteiger partial charge < -0.3 is 9.47 Å². The number of halogens is 1. The van der Waals surface area contributed by atoms with Gasteiger partial charge in [-0.15, -0.1) is 0 Å². The number of fused-ring (bicyclic) bond motifs is 1. The van der Waals surface area contributed by atoms with Crippen LogP contribution in [0.25, 0.3) is 6.08 Å². The molecular formula is C24H21FN2O4S. The number of carbonyl (C=O) groups excluding carboxylic acids is 1.